The van der Waals surface area contributed by atoms with Gasteiger partial charge in [-0.1, -0.05) is 23.2 Å². The predicted octanol–water partition coefficient (Wildman–Crippen LogP) is 3.10. The Labute approximate surface area is 129 Å². The van der Waals surface area contributed by atoms with E-state index in [1.807, 2.05) is 16.7 Å². The highest BCUT2D eigenvalue weighted by molar-refractivity contribution is 7.99. The molecule has 0 saturated carbocycles. The van der Waals surface area contributed by atoms with Crippen molar-refractivity contribution in [2.24, 2.45) is 0 Å². The average Bonchev–Trinajstić information content (AvgIpc) is 2.82. The lowest BCUT2D eigenvalue weighted by Crippen LogP contribution is -2.17. The van der Waals surface area contributed by atoms with Crippen LogP contribution in [0.15, 0.2) is 40.2 Å². The molecule has 1 aromatic heterocycles. The van der Waals surface area contributed by atoms with E-state index in [4.69, 9.17) is 27.9 Å². The molecule has 7 heteroatoms. The summed E-state index contributed by atoms with van der Waals surface area (Å²) < 4.78 is 7.47. The van der Waals surface area contributed by atoms with E-state index in [2.05, 4.69) is 4.98 Å². The molecule has 0 bridgehead atoms. The molecule has 0 spiro atoms. The van der Waals surface area contributed by atoms with Gasteiger partial charge < -0.3 is 4.74 Å². The Hall–Kier alpha value is -1.17. The fourth-order valence-corrected chi connectivity index (χ4v) is 3.17. The van der Waals surface area contributed by atoms with Crippen molar-refractivity contribution >= 4 is 35.0 Å². The van der Waals surface area contributed by atoms with E-state index in [-0.39, 0.29) is 11.7 Å². The minimum Gasteiger partial charge on any atom is -0.458 e. The van der Waals surface area contributed by atoms with Crippen molar-refractivity contribution in [2.75, 3.05) is 5.75 Å². The molecule has 0 saturated heterocycles. The topological polar surface area (TPSA) is 44.1 Å². The van der Waals surface area contributed by atoms with Gasteiger partial charge in [0.1, 0.15) is 6.10 Å². The Morgan fingerprint density at radius 2 is 2.20 bits per heavy atom. The van der Waals surface area contributed by atoms with Crippen molar-refractivity contribution in [3.63, 3.8) is 0 Å². The van der Waals surface area contributed by atoms with Crippen LogP contribution in [0.4, 0.5) is 0 Å². The fraction of sp³-hybridized carbons (Fsp3) is 0.231. The highest BCUT2D eigenvalue weighted by Crippen LogP contribution is 2.29. The van der Waals surface area contributed by atoms with E-state index in [0.29, 0.717) is 22.6 Å². The zero-order chi connectivity index (χ0) is 14.1. The molecule has 1 atom stereocenters. The first-order chi connectivity index (χ1) is 9.61. The van der Waals surface area contributed by atoms with Crippen LogP contribution in [-0.4, -0.2) is 21.4 Å². The molecular weight excluding hydrogens is 319 g/mol. The van der Waals surface area contributed by atoms with Crippen LogP contribution >= 0.6 is 35.0 Å². The van der Waals surface area contributed by atoms with Gasteiger partial charge in [0.2, 0.25) is 0 Å². The number of ether oxygens (including phenoxy) is 1. The first-order valence-corrected chi connectivity index (χ1v) is 7.68. The van der Waals surface area contributed by atoms with E-state index >= 15 is 0 Å². The molecule has 2 heterocycles. The quantitative estimate of drug-likeness (QED) is 0.812. The average molecular weight is 329 g/mol. The first-order valence-electron chi connectivity index (χ1n) is 5.94. The number of fused-ring (bicyclic) bond motifs is 1. The molecular formula is C13H10Cl2N2O2S. The predicted molar refractivity (Wildman–Crippen MR) is 80.1 cm³/mol. The maximum Gasteiger partial charge on any atom is 0.300 e. The number of benzene rings is 1. The van der Waals surface area contributed by atoms with Gasteiger partial charge in [-0.05, 0) is 18.2 Å². The molecule has 20 heavy (non-hydrogen) atoms. The highest BCUT2D eigenvalue weighted by Gasteiger charge is 2.23. The van der Waals surface area contributed by atoms with Crippen molar-refractivity contribution in [1.29, 1.82) is 0 Å². The lowest BCUT2D eigenvalue weighted by atomic mass is 10.4. The Balaban J connectivity index is 1.63. The standard InChI is InChI=1S/C13H10Cl2N2O2S/c14-10-2-1-9(5-11(10)15)20-7-8-6-17-4-3-12(18)16-13(17)19-8/h1-5,8H,6-7H2. The molecule has 0 amide bonds. The fourth-order valence-electron chi connectivity index (χ4n) is 1.89. The van der Waals surface area contributed by atoms with Crippen LogP contribution in [0.25, 0.3) is 0 Å². The second-order valence-electron chi connectivity index (χ2n) is 4.33. The van der Waals surface area contributed by atoms with Crippen LogP contribution in [0.3, 0.4) is 0 Å². The second kappa shape index (κ2) is 5.68. The van der Waals surface area contributed by atoms with Crippen LogP contribution in [0.2, 0.25) is 10.0 Å². The van der Waals surface area contributed by atoms with Crippen molar-refractivity contribution in [1.82, 2.24) is 9.55 Å². The number of nitrogens with zero attached hydrogens (tertiary/aromatic N) is 2. The maximum atomic E-state index is 11.1. The summed E-state index contributed by atoms with van der Waals surface area (Å²) in [6.07, 6.45) is 1.69. The SMILES string of the molecule is O=c1ccn2c(n1)OC(CSc1ccc(Cl)c(Cl)c1)C2. The summed E-state index contributed by atoms with van der Waals surface area (Å²) in [5, 5.41) is 1.09. The van der Waals surface area contributed by atoms with Gasteiger partial charge in [-0.25, -0.2) is 0 Å². The number of hydrogen-bond acceptors (Lipinski definition) is 4. The third-order valence-electron chi connectivity index (χ3n) is 2.85. The molecule has 1 aromatic carbocycles. The van der Waals surface area contributed by atoms with Crippen LogP contribution in [0.1, 0.15) is 0 Å². The number of hydrogen-bond donors (Lipinski definition) is 0. The molecule has 1 unspecified atom stereocenters. The smallest absolute Gasteiger partial charge is 0.300 e. The molecule has 3 rings (SSSR count). The van der Waals surface area contributed by atoms with Gasteiger partial charge >= 0.3 is 0 Å². The summed E-state index contributed by atoms with van der Waals surface area (Å²) in [5.74, 6) is 0.746. The Morgan fingerprint density at radius 3 is 3.00 bits per heavy atom. The zero-order valence-electron chi connectivity index (χ0n) is 10.3. The first kappa shape index (κ1) is 13.8. The van der Waals surface area contributed by atoms with Crippen molar-refractivity contribution < 1.29 is 4.74 Å². The van der Waals surface area contributed by atoms with Crippen LogP contribution < -0.4 is 10.3 Å². The summed E-state index contributed by atoms with van der Waals surface area (Å²) in [5.41, 5.74) is -0.283. The zero-order valence-corrected chi connectivity index (χ0v) is 12.6. The third kappa shape index (κ3) is 2.95. The van der Waals surface area contributed by atoms with E-state index in [1.165, 1.54) is 6.07 Å². The van der Waals surface area contributed by atoms with Crippen molar-refractivity contribution in [3.8, 4) is 6.01 Å². The summed E-state index contributed by atoms with van der Waals surface area (Å²) >= 11 is 13.5. The molecule has 0 aliphatic carbocycles. The third-order valence-corrected chi connectivity index (χ3v) is 4.71. The molecule has 2 aromatic rings. The summed E-state index contributed by atoms with van der Waals surface area (Å²) in [6, 6.07) is 7.34. The van der Waals surface area contributed by atoms with Gasteiger partial charge in [0, 0.05) is 22.9 Å². The van der Waals surface area contributed by atoms with Gasteiger partial charge in [-0.2, -0.15) is 4.98 Å². The van der Waals surface area contributed by atoms with Crippen LogP contribution in [0, 0.1) is 0 Å². The van der Waals surface area contributed by atoms with E-state index < -0.39 is 0 Å². The lowest BCUT2D eigenvalue weighted by Gasteiger charge is -2.08. The Kier molecular flexibility index (Phi) is 3.92. The van der Waals surface area contributed by atoms with Gasteiger partial charge in [0.25, 0.3) is 11.6 Å². The van der Waals surface area contributed by atoms with E-state index in [9.17, 15) is 4.79 Å². The van der Waals surface area contributed by atoms with Crippen molar-refractivity contribution in [2.45, 2.75) is 17.5 Å². The summed E-state index contributed by atoms with van der Waals surface area (Å²) in [4.78, 5) is 16.0. The van der Waals surface area contributed by atoms with Gasteiger partial charge in [0.15, 0.2) is 0 Å². The second-order valence-corrected chi connectivity index (χ2v) is 6.24. The summed E-state index contributed by atoms with van der Waals surface area (Å²) in [7, 11) is 0. The van der Waals surface area contributed by atoms with E-state index in [0.717, 1.165) is 10.6 Å². The number of thioether (sulfide) groups is 1. The van der Waals surface area contributed by atoms with E-state index in [1.54, 1.807) is 24.0 Å². The normalized spacial score (nSPS) is 16.8. The van der Waals surface area contributed by atoms with Gasteiger partial charge in [-0.15, -0.1) is 11.8 Å². The summed E-state index contributed by atoms with van der Waals surface area (Å²) in [6.45, 7) is 0.691. The minimum atomic E-state index is -0.283. The van der Waals surface area contributed by atoms with Crippen molar-refractivity contribution in [3.05, 3.63) is 50.9 Å². The molecule has 1 aliphatic heterocycles. The molecule has 0 N–H and O–H groups in total. The molecule has 1 aliphatic rings. The molecule has 104 valence electrons. The number of rotatable bonds is 3. The largest absolute Gasteiger partial charge is 0.458 e. The Bertz CT molecular complexity index is 705. The number of aromatic nitrogens is 2. The maximum absolute atomic E-state index is 11.1. The van der Waals surface area contributed by atoms with Crippen LogP contribution in [-0.2, 0) is 6.54 Å². The minimum absolute atomic E-state index is 0.0104. The molecule has 0 radical (unpaired) electrons. The Morgan fingerprint density at radius 1 is 1.35 bits per heavy atom. The molecule has 0 fully saturated rings. The number of halogens is 2. The highest BCUT2D eigenvalue weighted by atomic mass is 35.5. The monoisotopic (exact) mass is 328 g/mol. The van der Waals surface area contributed by atoms with Gasteiger partial charge in [-0.3, -0.25) is 9.36 Å². The van der Waals surface area contributed by atoms with Crippen LogP contribution in [0.5, 0.6) is 6.01 Å². The van der Waals surface area contributed by atoms with Gasteiger partial charge in [0.05, 0.1) is 16.6 Å². The molecule has 4 nitrogen and oxygen atoms in total. The lowest BCUT2D eigenvalue weighted by molar-refractivity contribution is 0.250.